The van der Waals surface area contributed by atoms with Crippen LogP contribution >= 0.6 is 0 Å². The normalized spacial score (nSPS) is 23.4. The highest BCUT2D eigenvalue weighted by molar-refractivity contribution is 5.79. The van der Waals surface area contributed by atoms with Gasteiger partial charge in [-0.3, -0.25) is 9.69 Å². The van der Waals surface area contributed by atoms with Crippen LogP contribution in [-0.4, -0.2) is 49.6 Å². The lowest BCUT2D eigenvalue weighted by Crippen LogP contribution is -2.47. The molecule has 1 aliphatic heterocycles. The van der Waals surface area contributed by atoms with Gasteiger partial charge in [0.2, 0.25) is 0 Å². The predicted octanol–water partition coefficient (Wildman–Crippen LogP) is 5.57. The van der Waals surface area contributed by atoms with Crippen molar-refractivity contribution < 1.29 is 9.53 Å². The van der Waals surface area contributed by atoms with E-state index in [0.29, 0.717) is 17.8 Å². The van der Waals surface area contributed by atoms with Crippen LogP contribution in [0.15, 0.2) is 18.2 Å². The number of piperazine rings is 1. The molecule has 2 N–H and O–H groups in total. The van der Waals surface area contributed by atoms with E-state index in [2.05, 4.69) is 55.7 Å². The van der Waals surface area contributed by atoms with Gasteiger partial charge in [0.25, 0.3) is 5.91 Å². The van der Waals surface area contributed by atoms with Gasteiger partial charge in [-0.25, -0.2) is 0 Å². The van der Waals surface area contributed by atoms with Crippen LogP contribution in [0.2, 0.25) is 0 Å². The summed E-state index contributed by atoms with van der Waals surface area (Å²) in [5.74, 6) is 1.77. The molecule has 2 fully saturated rings. The number of nitrogens with zero attached hydrogens (tertiary/aromatic N) is 2. The number of rotatable bonds is 9. The number of carbonyl (C=O) groups excluding carboxylic acids is 1. The van der Waals surface area contributed by atoms with E-state index in [1.54, 1.807) is 0 Å². The molecular formula is C28H47N3O2. The Morgan fingerprint density at radius 3 is 2.30 bits per heavy atom. The molecule has 1 aromatic rings. The van der Waals surface area contributed by atoms with Gasteiger partial charge < -0.3 is 15.4 Å². The highest BCUT2D eigenvalue weighted by Gasteiger charge is 2.32. The number of unbranched alkanes of at least 4 members (excludes halogenated alkanes) is 1. The SMILES string of the molecule is CCCCN1CCN(c2cc(OC(CC)C(N)=O)ccc2C2CCC(C(C)(C)C)CC2)CC1. The van der Waals surface area contributed by atoms with Crippen LogP contribution in [0.1, 0.15) is 91.0 Å². The molecule has 3 rings (SSSR count). The van der Waals surface area contributed by atoms with Crippen molar-refractivity contribution in [3.63, 3.8) is 0 Å². The van der Waals surface area contributed by atoms with Crippen LogP contribution in [0.5, 0.6) is 5.75 Å². The first-order chi connectivity index (χ1) is 15.7. The fraction of sp³-hybridized carbons (Fsp3) is 0.750. The van der Waals surface area contributed by atoms with Crippen molar-refractivity contribution in [2.45, 2.75) is 91.6 Å². The summed E-state index contributed by atoms with van der Waals surface area (Å²) in [7, 11) is 0. The molecule has 1 aromatic carbocycles. The minimum absolute atomic E-state index is 0.393. The average molecular weight is 458 g/mol. The van der Waals surface area contributed by atoms with Gasteiger partial charge in [0.1, 0.15) is 5.75 Å². The van der Waals surface area contributed by atoms with E-state index in [1.807, 2.05) is 6.92 Å². The van der Waals surface area contributed by atoms with Crippen molar-refractivity contribution in [1.29, 1.82) is 0 Å². The van der Waals surface area contributed by atoms with Gasteiger partial charge in [-0.15, -0.1) is 0 Å². The highest BCUT2D eigenvalue weighted by atomic mass is 16.5. The average Bonchev–Trinajstić information content (AvgIpc) is 2.80. The van der Waals surface area contributed by atoms with Crippen LogP contribution < -0.4 is 15.4 Å². The summed E-state index contributed by atoms with van der Waals surface area (Å²) >= 11 is 0. The molecule has 0 radical (unpaired) electrons. The second-order valence-electron chi connectivity index (χ2n) is 11.2. The van der Waals surface area contributed by atoms with Crippen molar-refractivity contribution in [3.8, 4) is 5.75 Å². The second kappa shape index (κ2) is 11.6. The molecule has 1 aliphatic carbocycles. The molecule has 5 nitrogen and oxygen atoms in total. The van der Waals surface area contributed by atoms with Gasteiger partial charge in [-0.1, -0.05) is 47.1 Å². The minimum atomic E-state index is -0.572. The maximum atomic E-state index is 11.8. The number of benzene rings is 1. The number of nitrogens with two attached hydrogens (primary N) is 1. The van der Waals surface area contributed by atoms with E-state index in [1.165, 1.54) is 56.3 Å². The Bertz CT molecular complexity index is 757. The molecule has 1 amide bonds. The lowest BCUT2D eigenvalue weighted by atomic mass is 9.68. The third kappa shape index (κ3) is 6.88. The van der Waals surface area contributed by atoms with Gasteiger partial charge in [0.05, 0.1) is 0 Å². The first kappa shape index (κ1) is 25.9. The zero-order chi connectivity index (χ0) is 24.0. The van der Waals surface area contributed by atoms with Gasteiger partial charge in [-0.2, -0.15) is 0 Å². The number of amides is 1. The molecule has 1 saturated heterocycles. The lowest BCUT2D eigenvalue weighted by molar-refractivity contribution is -0.124. The van der Waals surface area contributed by atoms with Gasteiger partial charge in [0.15, 0.2) is 6.10 Å². The standard InChI is InChI=1S/C28H47N3O2/c1-6-8-15-30-16-18-31(19-17-30)25-20-23(33-26(7-2)27(29)32)13-14-24(25)21-9-11-22(12-10-21)28(3,4)5/h13-14,20-22,26H,6-12,15-19H2,1-5H3,(H2,29,32). The van der Waals surface area contributed by atoms with E-state index >= 15 is 0 Å². The summed E-state index contributed by atoms with van der Waals surface area (Å²) in [6.07, 6.45) is 7.65. The first-order valence-electron chi connectivity index (χ1n) is 13.3. The summed E-state index contributed by atoms with van der Waals surface area (Å²) in [5.41, 5.74) is 8.71. The largest absolute Gasteiger partial charge is 0.481 e. The van der Waals surface area contributed by atoms with E-state index in [-0.39, 0.29) is 0 Å². The van der Waals surface area contributed by atoms with Crippen LogP contribution in [0.3, 0.4) is 0 Å². The molecule has 0 aromatic heterocycles. The molecule has 0 bridgehead atoms. The lowest BCUT2D eigenvalue weighted by Gasteiger charge is -2.40. The van der Waals surface area contributed by atoms with Gasteiger partial charge >= 0.3 is 0 Å². The first-order valence-corrected chi connectivity index (χ1v) is 13.3. The van der Waals surface area contributed by atoms with Crippen LogP contribution in [-0.2, 0) is 4.79 Å². The molecule has 1 atom stereocenters. The number of anilines is 1. The number of carbonyl (C=O) groups is 1. The molecule has 1 heterocycles. The van der Waals surface area contributed by atoms with Crippen molar-refractivity contribution in [2.24, 2.45) is 17.1 Å². The molecule has 1 saturated carbocycles. The molecule has 0 spiro atoms. The zero-order valence-electron chi connectivity index (χ0n) is 21.7. The Hall–Kier alpha value is -1.75. The van der Waals surface area contributed by atoms with Gasteiger partial charge in [-0.05, 0) is 74.0 Å². The maximum absolute atomic E-state index is 11.8. The topological polar surface area (TPSA) is 58.8 Å². The Morgan fingerprint density at radius 2 is 1.76 bits per heavy atom. The summed E-state index contributed by atoms with van der Waals surface area (Å²) in [6, 6.07) is 6.50. The predicted molar refractivity (Wildman–Crippen MR) is 138 cm³/mol. The summed E-state index contributed by atoms with van der Waals surface area (Å²) in [6.45, 7) is 16.9. The summed E-state index contributed by atoms with van der Waals surface area (Å²) in [5, 5.41) is 0. The van der Waals surface area contributed by atoms with E-state index < -0.39 is 12.0 Å². The number of primary amides is 1. The van der Waals surface area contributed by atoms with Gasteiger partial charge in [0, 0.05) is 37.9 Å². The Balaban J connectivity index is 1.79. The fourth-order valence-electron chi connectivity index (χ4n) is 5.59. The molecule has 186 valence electrons. The maximum Gasteiger partial charge on any atom is 0.258 e. The van der Waals surface area contributed by atoms with Crippen molar-refractivity contribution in [2.75, 3.05) is 37.6 Å². The smallest absolute Gasteiger partial charge is 0.258 e. The molecule has 33 heavy (non-hydrogen) atoms. The summed E-state index contributed by atoms with van der Waals surface area (Å²) in [4.78, 5) is 16.9. The van der Waals surface area contributed by atoms with Crippen molar-refractivity contribution in [1.82, 2.24) is 4.90 Å². The number of ether oxygens (including phenoxy) is 1. The monoisotopic (exact) mass is 457 g/mol. The van der Waals surface area contributed by atoms with Crippen LogP contribution in [0, 0.1) is 11.3 Å². The Morgan fingerprint density at radius 1 is 1.09 bits per heavy atom. The van der Waals surface area contributed by atoms with E-state index in [4.69, 9.17) is 10.5 Å². The molecule has 1 unspecified atom stereocenters. The zero-order valence-corrected chi connectivity index (χ0v) is 21.7. The van der Waals surface area contributed by atoms with Crippen LogP contribution in [0.4, 0.5) is 5.69 Å². The van der Waals surface area contributed by atoms with E-state index in [9.17, 15) is 4.79 Å². The third-order valence-corrected chi connectivity index (χ3v) is 7.90. The number of hydrogen-bond acceptors (Lipinski definition) is 4. The molecular weight excluding hydrogens is 410 g/mol. The third-order valence-electron chi connectivity index (χ3n) is 7.90. The second-order valence-corrected chi connectivity index (χ2v) is 11.2. The minimum Gasteiger partial charge on any atom is -0.481 e. The quantitative estimate of drug-likeness (QED) is 0.526. The van der Waals surface area contributed by atoms with E-state index in [0.717, 1.165) is 37.8 Å². The highest BCUT2D eigenvalue weighted by Crippen LogP contribution is 2.46. The Labute approximate surface area is 202 Å². The van der Waals surface area contributed by atoms with Crippen LogP contribution in [0.25, 0.3) is 0 Å². The summed E-state index contributed by atoms with van der Waals surface area (Å²) < 4.78 is 6.02. The van der Waals surface area contributed by atoms with Crippen molar-refractivity contribution >= 4 is 11.6 Å². The molecule has 5 heteroatoms. The molecule has 2 aliphatic rings. The number of hydrogen-bond donors (Lipinski definition) is 1. The Kier molecular flexibility index (Phi) is 9.09. The fourth-order valence-corrected chi connectivity index (χ4v) is 5.59. The van der Waals surface area contributed by atoms with Crippen molar-refractivity contribution in [3.05, 3.63) is 23.8 Å².